The van der Waals surface area contributed by atoms with Crippen LogP contribution in [0.4, 0.5) is 17.6 Å². The zero-order chi connectivity index (χ0) is 21.1. The second-order valence-electron chi connectivity index (χ2n) is 6.08. The lowest BCUT2D eigenvalue weighted by molar-refractivity contribution is -0.141. The SMILES string of the molecule is CC(CO)C(=O)C(Oc1ccccc1C(F)(F)F)c1ccc(C(N)=O)c(F)c1. The fraction of sp³-hybridized carbons (Fsp3) is 0.263. The Balaban J connectivity index is 2.52. The van der Waals surface area contributed by atoms with E-state index in [0.29, 0.717) is 0 Å². The largest absolute Gasteiger partial charge is 0.477 e. The fourth-order valence-corrected chi connectivity index (χ4v) is 2.46. The van der Waals surface area contributed by atoms with Crippen LogP contribution in [0.3, 0.4) is 0 Å². The third kappa shape index (κ3) is 4.66. The molecule has 0 heterocycles. The standard InChI is InChI=1S/C19H17F4NO4/c1-10(9-25)16(26)17(11-6-7-12(18(24)27)14(20)8-11)28-15-5-3-2-4-13(15)19(21,22)23/h2-8,10,17,25H,9H2,1H3,(H2,24,27). The Bertz CT molecular complexity index is 882. The van der Waals surface area contributed by atoms with Gasteiger partial charge in [-0.25, -0.2) is 4.39 Å². The minimum Gasteiger partial charge on any atom is -0.477 e. The van der Waals surface area contributed by atoms with E-state index in [1.165, 1.54) is 13.0 Å². The Morgan fingerprint density at radius 1 is 1.18 bits per heavy atom. The quantitative estimate of drug-likeness (QED) is 0.700. The number of hydrogen-bond donors (Lipinski definition) is 2. The van der Waals surface area contributed by atoms with Crippen molar-refractivity contribution in [3.05, 3.63) is 65.0 Å². The van der Waals surface area contributed by atoms with E-state index < -0.39 is 59.2 Å². The molecule has 5 nitrogen and oxygen atoms in total. The number of aliphatic hydroxyl groups is 1. The molecule has 2 unspecified atom stereocenters. The van der Waals surface area contributed by atoms with E-state index in [1.807, 2.05) is 0 Å². The van der Waals surface area contributed by atoms with Gasteiger partial charge in [-0.2, -0.15) is 13.2 Å². The van der Waals surface area contributed by atoms with Crippen molar-refractivity contribution in [1.82, 2.24) is 0 Å². The van der Waals surface area contributed by atoms with Gasteiger partial charge < -0.3 is 15.6 Å². The molecular formula is C19H17F4NO4. The predicted octanol–water partition coefficient (Wildman–Crippen LogP) is 3.26. The number of nitrogens with two attached hydrogens (primary N) is 1. The molecule has 0 aliphatic heterocycles. The van der Waals surface area contributed by atoms with Crippen molar-refractivity contribution in [2.75, 3.05) is 6.61 Å². The molecule has 0 spiro atoms. The number of carbonyl (C=O) groups is 2. The Kier molecular flexibility index (Phi) is 6.40. The molecule has 0 fully saturated rings. The number of hydrogen-bond acceptors (Lipinski definition) is 4. The zero-order valence-electron chi connectivity index (χ0n) is 14.7. The number of carbonyl (C=O) groups excluding carboxylic acids is 2. The molecule has 3 N–H and O–H groups in total. The van der Waals surface area contributed by atoms with Crippen LogP contribution >= 0.6 is 0 Å². The van der Waals surface area contributed by atoms with E-state index in [1.54, 1.807) is 0 Å². The molecule has 2 rings (SSSR count). The number of Topliss-reactive ketones (excluding diaryl/α,β-unsaturated/α-hetero) is 1. The van der Waals surface area contributed by atoms with Gasteiger partial charge in [0.15, 0.2) is 11.9 Å². The van der Waals surface area contributed by atoms with Gasteiger partial charge in [0.05, 0.1) is 17.7 Å². The third-order valence-corrected chi connectivity index (χ3v) is 4.02. The average molecular weight is 399 g/mol. The highest BCUT2D eigenvalue weighted by molar-refractivity contribution is 5.93. The van der Waals surface area contributed by atoms with Gasteiger partial charge in [0.2, 0.25) is 0 Å². The fourth-order valence-electron chi connectivity index (χ4n) is 2.46. The first-order chi connectivity index (χ1) is 13.1. The molecule has 0 saturated carbocycles. The van der Waals surface area contributed by atoms with E-state index >= 15 is 0 Å². The minimum absolute atomic E-state index is 0.121. The molecule has 2 aromatic carbocycles. The van der Waals surface area contributed by atoms with Crippen molar-refractivity contribution >= 4 is 11.7 Å². The summed E-state index contributed by atoms with van der Waals surface area (Å²) in [4.78, 5) is 23.8. The number of para-hydroxylation sites is 1. The molecule has 0 aromatic heterocycles. The molecular weight excluding hydrogens is 382 g/mol. The Morgan fingerprint density at radius 2 is 1.82 bits per heavy atom. The third-order valence-electron chi connectivity index (χ3n) is 4.02. The van der Waals surface area contributed by atoms with Crippen LogP contribution < -0.4 is 10.5 Å². The van der Waals surface area contributed by atoms with Gasteiger partial charge in [-0.05, 0) is 24.3 Å². The lowest BCUT2D eigenvalue weighted by Gasteiger charge is -2.23. The molecule has 0 aliphatic rings. The monoisotopic (exact) mass is 399 g/mol. The summed E-state index contributed by atoms with van der Waals surface area (Å²) in [5.74, 6) is -4.46. The van der Waals surface area contributed by atoms with E-state index in [2.05, 4.69) is 0 Å². The lowest BCUT2D eigenvalue weighted by atomic mass is 9.95. The number of aliphatic hydroxyl groups excluding tert-OH is 1. The molecule has 2 aromatic rings. The average Bonchev–Trinajstić information content (AvgIpc) is 2.64. The summed E-state index contributed by atoms with van der Waals surface area (Å²) in [6.45, 7) is 0.768. The van der Waals surface area contributed by atoms with Crippen LogP contribution in [0.1, 0.15) is 34.5 Å². The van der Waals surface area contributed by atoms with Crippen molar-refractivity contribution in [3.63, 3.8) is 0 Å². The maximum Gasteiger partial charge on any atom is 0.419 e. The minimum atomic E-state index is -4.74. The van der Waals surface area contributed by atoms with Crippen LogP contribution in [-0.4, -0.2) is 23.4 Å². The summed E-state index contributed by atoms with van der Waals surface area (Å²) in [5.41, 5.74) is 3.35. The second kappa shape index (κ2) is 8.39. The van der Waals surface area contributed by atoms with E-state index in [-0.39, 0.29) is 5.56 Å². The Morgan fingerprint density at radius 3 is 2.36 bits per heavy atom. The van der Waals surface area contributed by atoms with Gasteiger partial charge in [0, 0.05) is 11.5 Å². The highest BCUT2D eigenvalue weighted by Gasteiger charge is 2.36. The van der Waals surface area contributed by atoms with Crippen molar-refractivity contribution in [1.29, 1.82) is 0 Å². The summed E-state index contributed by atoms with van der Waals surface area (Å²) in [7, 11) is 0. The topological polar surface area (TPSA) is 89.6 Å². The van der Waals surface area contributed by atoms with Crippen LogP contribution in [0.5, 0.6) is 5.75 Å². The van der Waals surface area contributed by atoms with Gasteiger partial charge in [-0.1, -0.05) is 25.1 Å². The number of alkyl halides is 3. The molecule has 0 saturated heterocycles. The van der Waals surface area contributed by atoms with Crippen molar-refractivity contribution in [2.45, 2.75) is 19.2 Å². The molecule has 150 valence electrons. The number of benzene rings is 2. The smallest absolute Gasteiger partial charge is 0.419 e. The summed E-state index contributed by atoms with van der Waals surface area (Å²) in [5, 5.41) is 9.23. The molecule has 0 bridgehead atoms. The van der Waals surface area contributed by atoms with Crippen LogP contribution in [0.2, 0.25) is 0 Å². The molecule has 0 aliphatic carbocycles. The zero-order valence-corrected chi connectivity index (χ0v) is 14.7. The van der Waals surface area contributed by atoms with Gasteiger partial charge in [-0.3, -0.25) is 9.59 Å². The maximum atomic E-state index is 14.1. The van der Waals surface area contributed by atoms with Crippen molar-refractivity contribution in [2.24, 2.45) is 11.7 Å². The summed E-state index contributed by atoms with van der Waals surface area (Å²) < 4.78 is 59.1. The summed E-state index contributed by atoms with van der Waals surface area (Å²) in [6.07, 6.45) is -6.38. The highest BCUT2D eigenvalue weighted by atomic mass is 19.4. The van der Waals surface area contributed by atoms with Gasteiger partial charge in [0.1, 0.15) is 11.6 Å². The first-order valence-corrected chi connectivity index (χ1v) is 8.13. The van der Waals surface area contributed by atoms with Crippen LogP contribution in [0.15, 0.2) is 42.5 Å². The number of rotatable bonds is 7. The molecule has 9 heteroatoms. The van der Waals surface area contributed by atoms with Gasteiger partial charge in [-0.15, -0.1) is 0 Å². The summed E-state index contributed by atoms with van der Waals surface area (Å²) in [6, 6.07) is 7.22. The number of amides is 1. The number of ether oxygens (including phenoxy) is 1. The second-order valence-corrected chi connectivity index (χ2v) is 6.08. The highest BCUT2D eigenvalue weighted by Crippen LogP contribution is 2.38. The number of ketones is 1. The van der Waals surface area contributed by atoms with Crippen LogP contribution in [0, 0.1) is 11.7 Å². The summed E-state index contributed by atoms with van der Waals surface area (Å²) >= 11 is 0. The van der Waals surface area contributed by atoms with Gasteiger partial charge >= 0.3 is 6.18 Å². The normalized spacial score (nSPS) is 13.6. The number of halogens is 4. The molecule has 28 heavy (non-hydrogen) atoms. The van der Waals surface area contributed by atoms with Crippen LogP contribution in [-0.2, 0) is 11.0 Å². The lowest BCUT2D eigenvalue weighted by Crippen LogP contribution is -2.27. The van der Waals surface area contributed by atoms with E-state index in [4.69, 9.17) is 10.5 Å². The molecule has 1 amide bonds. The first kappa shape index (κ1) is 21.4. The van der Waals surface area contributed by atoms with E-state index in [0.717, 1.165) is 36.4 Å². The molecule has 0 radical (unpaired) electrons. The van der Waals surface area contributed by atoms with E-state index in [9.17, 15) is 32.3 Å². The van der Waals surface area contributed by atoms with Crippen molar-refractivity contribution < 1.29 is 37.0 Å². The Labute approximate surface area is 157 Å². The van der Waals surface area contributed by atoms with Gasteiger partial charge in [0.25, 0.3) is 5.91 Å². The predicted molar refractivity (Wildman–Crippen MR) is 91.0 cm³/mol. The van der Waals surface area contributed by atoms with Crippen LogP contribution in [0.25, 0.3) is 0 Å². The van der Waals surface area contributed by atoms with Crippen molar-refractivity contribution in [3.8, 4) is 5.75 Å². The Hall–Kier alpha value is -2.94. The molecule has 2 atom stereocenters. The first-order valence-electron chi connectivity index (χ1n) is 8.13. The maximum absolute atomic E-state index is 14.1. The number of primary amides is 1.